The molecule has 0 radical (unpaired) electrons. The van der Waals surface area contributed by atoms with Gasteiger partial charge >= 0.3 is 5.97 Å². The first-order chi connectivity index (χ1) is 35.3. The Morgan fingerprint density at radius 2 is 1.54 bits per heavy atom. The smallest absolute Gasteiger partial charge is 0.352 e. The van der Waals surface area contributed by atoms with E-state index in [0.717, 1.165) is 0 Å². The summed E-state index contributed by atoms with van der Waals surface area (Å²) in [7, 11) is 0. The molecule has 74 heavy (non-hydrogen) atoms. The first-order valence-corrected chi connectivity index (χ1v) is 24.4. The Kier molecular flexibility index (Phi) is 29.2. The molecule has 2 heterocycles. The van der Waals surface area contributed by atoms with Crippen molar-refractivity contribution in [3.8, 4) is 0 Å². The fourth-order valence-electron chi connectivity index (χ4n) is 7.40. The number of aliphatic hydroxyl groups is 1. The summed E-state index contributed by atoms with van der Waals surface area (Å²) < 4.78 is 0. The number of aliphatic imine (C=N–C) groups is 1. The van der Waals surface area contributed by atoms with E-state index >= 15 is 0 Å². The van der Waals surface area contributed by atoms with Crippen LogP contribution in [0.1, 0.15) is 82.7 Å². The molecule has 23 N–H and O–H groups in total. The summed E-state index contributed by atoms with van der Waals surface area (Å²) in [5.41, 5.74) is 33.4. The summed E-state index contributed by atoms with van der Waals surface area (Å²) in [6, 6.07) is -7.82. The minimum atomic E-state index is -1.60. The Labute approximate surface area is 428 Å². The highest BCUT2D eigenvalue weighted by Gasteiger charge is 2.39. The number of aromatic nitrogens is 2. The zero-order valence-electron chi connectivity index (χ0n) is 41.6. The number of hydrogen-bond donors (Lipinski definition) is 17. The number of likely N-dealkylation sites (tertiary alicyclic amines) is 1. The van der Waals surface area contributed by atoms with Crippen LogP contribution in [0.25, 0.3) is 0 Å². The lowest BCUT2D eigenvalue weighted by Crippen LogP contribution is -2.60. The molecule has 0 saturated carbocycles. The van der Waals surface area contributed by atoms with Gasteiger partial charge in [-0.2, -0.15) is 0 Å². The summed E-state index contributed by atoms with van der Waals surface area (Å²) >= 11 is 0. The lowest BCUT2D eigenvalue weighted by Gasteiger charge is -2.27. The molecular formula is C45H76N18O11. The van der Waals surface area contributed by atoms with Gasteiger partial charge in [0.25, 0.3) is 11.8 Å². The number of carboxylic acids is 1. The van der Waals surface area contributed by atoms with Crippen LogP contribution in [0.5, 0.6) is 0 Å². The fraction of sp³-hybridized carbons (Fsp3) is 0.600. The molecule has 0 aliphatic carbocycles. The first-order valence-electron chi connectivity index (χ1n) is 24.4. The van der Waals surface area contributed by atoms with Crippen LogP contribution >= 0.6 is 0 Å². The topological polar surface area (TPSA) is 503 Å². The minimum Gasteiger partial charge on any atom is -0.477 e. The number of carboxylic acid groups (broad SMARTS) is 1. The SMILES string of the molecule is C=CC[C@H](NC(=O)[C@@H](NC(=O)[C@@H](N)CCCCN)[C@@H](O)CN)C(=O)NCC(=O)/N=C(\CCCN)C(=O)N1CCC[C@H]1C(=O)N[C@@H](Cc1cnc[nH]1)C(=O)N[C@@H](CCCCN)C(=O)N/C(=C\CCNC(=N)N)C(=O)O. The number of hydrogen-bond acceptors (Lipinski definition) is 17. The standard InChI is InChI=1S/C45H76N18O11/c1-2-10-28(59-42(71)36(34(64)22-49)62-37(66)27(50)11-3-5-16-46)38(67)55-24-35(65)57-30(13-7-18-48)43(72)63-20-9-15-33(63)41(70)61-32(21-26-23-53-25-56-26)40(69)58-29(12-4-6-17-47)39(68)60-31(44(73)74)14-8-19-54-45(51)52/h2,14,23,25,27-29,32-34,36,64H,1,3-13,15-22,24,46-50H2,(H,53,56)(H,55,67)(H,58,69)(H,59,71)(H,60,68)(H,61,70)(H,62,66)(H,73,74)(H4,51,52,54)/b31-14-,57-30+/t27-,28-,29-,32-,33-,34-,36-/m0/s1. The maximum absolute atomic E-state index is 14.1. The molecule has 1 fully saturated rings. The number of rotatable bonds is 35. The summed E-state index contributed by atoms with van der Waals surface area (Å²) in [6.45, 7) is 3.30. The highest BCUT2D eigenvalue weighted by atomic mass is 16.4. The molecule has 29 nitrogen and oxygen atoms in total. The van der Waals surface area contributed by atoms with E-state index in [1.165, 1.54) is 29.6 Å². The van der Waals surface area contributed by atoms with Crippen molar-refractivity contribution >= 4 is 64.9 Å². The molecule has 0 spiro atoms. The van der Waals surface area contributed by atoms with Crippen LogP contribution in [0.3, 0.4) is 0 Å². The van der Waals surface area contributed by atoms with Gasteiger partial charge in [-0.15, -0.1) is 6.58 Å². The van der Waals surface area contributed by atoms with Crippen LogP contribution < -0.4 is 71.6 Å². The molecule has 1 aliphatic heterocycles. The molecular weight excluding hydrogens is 969 g/mol. The van der Waals surface area contributed by atoms with E-state index in [2.05, 4.69) is 58.8 Å². The van der Waals surface area contributed by atoms with Crippen LogP contribution in [0, 0.1) is 5.41 Å². The second-order valence-corrected chi connectivity index (χ2v) is 17.2. The molecule has 1 saturated heterocycles. The van der Waals surface area contributed by atoms with Crippen LogP contribution in [-0.2, 0) is 49.6 Å². The molecule has 1 aromatic rings. The Morgan fingerprint density at radius 3 is 2.15 bits per heavy atom. The number of carbonyl (C=O) groups excluding carboxylic acids is 8. The van der Waals surface area contributed by atoms with Crippen molar-refractivity contribution in [2.24, 2.45) is 39.4 Å². The lowest BCUT2D eigenvalue weighted by molar-refractivity contribution is -0.137. The van der Waals surface area contributed by atoms with Gasteiger partial charge in [-0.25, -0.2) is 14.8 Å². The van der Waals surface area contributed by atoms with E-state index in [0.29, 0.717) is 44.3 Å². The van der Waals surface area contributed by atoms with Gasteiger partial charge in [0.05, 0.1) is 25.0 Å². The van der Waals surface area contributed by atoms with Crippen LogP contribution in [0.4, 0.5) is 0 Å². The Morgan fingerprint density at radius 1 is 0.865 bits per heavy atom. The van der Waals surface area contributed by atoms with E-state index in [9.17, 15) is 53.4 Å². The number of nitrogens with one attached hydrogen (secondary N) is 9. The molecule has 1 aliphatic rings. The number of nitrogens with zero attached hydrogens (tertiary/aromatic N) is 3. The third-order valence-electron chi connectivity index (χ3n) is 11.4. The summed E-state index contributed by atoms with van der Waals surface area (Å²) in [4.78, 5) is 133. The highest BCUT2D eigenvalue weighted by Crippen LogP contribution is 2.20. The molecule has 0 aromatic carbocycles. The Hall–Kier alpha value is -7.18. The molecule has 8 amide bonds. The van der Waals surface area contributed by atoms with Crippen molar-refractivity contribution in [2.45, 2.75) is 126 Å². The predicted molar refractivity (Wildman–Crippen MR) is 271 cm³/mol. The van der Waals surface area contributed by atoms with Gasteiger partial charge in [-0.05, 0) is 90.3 Å². The third kappa shape index (κ3) is 22.3. The molecule has 7 atom stereocenters. The first kappa shape index (κ1) is 62.9. The second kappa shape index (κ2) is 34.3. The van der Waals surface area contributed by atoms with Crippen molar-refractivity contribution < 1.29 is 53.4 Å². The number of unbranched alkanes of at least 4 members (excludes halogenated alkanes) is 2. The number of aromatic amines is 1. The minimum absolute atomic E-state index is 0.0384. The Balaban J connectivity index is 2.29. The number of H-pyrrole nitrogens is 1. The van der Waals surface area contributed by atoms with Crippen LogP contribution in [-0.4, -0.2) is 178 Å². The second-order valence-electron chi connectivity index (χ2n) is 17.2. The molecule has 0 bridgehead atoms. The van der Waals surface area contributed by atoms with Gasteiger partial charge in [0.1, 0.15) is 41.6 Å². The maximum Gasteiger partial charge on any atom is 0.352 e. The van der Waals surface area contributed by atoms with E-state index in [4.69, 9.17) is 39.8 Å². The zero-order valence-corrected chi connectivity index (χ0v) is 41.6. The summed E-state index contributed by atoms with van der Waals surface area (Å²) in [5, 5.41) is 44.8. The zero-order chi connectivity index (χ0) is 55.2. The number of aliphatic carboxylic acids is 1. The van der Waals surface area contributed by atoms with E-state index in [1.807, 2.05) is 0 Å². The average Bonchev–Trinajstić information content (AvgIpc) is 4.09. The van der Waals surface area contributed by atoms with Crippen molar-refractivity contribution in [1.29, 1.82) is 5.41 Å². The van der Waals surface area contributed by atoms with Crippen molar-refractivity contribution in [3.05, 3.63) is 42.6 Å². The summed E-state index contributed by atoms with van der Waals surface area (Å²) in [6.07, 6.45) is 6.31. The molecule has 1 aromatic heterocycles. The van der Waals surface area contributed by atoms with Gasteiger partial charge < -0.3 is 91.7 Å². The van der Waals surface area contributed by atoms with Gasteiger partial charge in [0, 0.05) is 37.9 Å². The van der Waals surface area contributed by atoms with Gasteiger partial charge in [0.15, 0.2) is 5.96 Å². The number of amides is 8. The van der Waals surface area contributed by atoms with Crippen molar-refractivity contribution in [1.82, 2.24) is 52.1 Å². The number of nitrogens with two attached hydrogens (primary N) is 6. The molecule has 29 heteroatoms. The maximum atomic E-state index is 14.1. The monoisotopic (exact) mass is 1040 g/mol. The van der Waals surface area contributed by atoms with E-state index in [-0.39, 0.29) is 89.2 Å². The number of guanidine groups is 1. The van der Waals surface area contributed by atoms with Crippen LogP contribution in [0.2, 0.25) is 0 Å². The van der Waals surface area contributed by atoms with Crippen LogP contribution in [0.15, 0.2) is 41.9 Å². The van der Waals surface area contributed by atoms with E-state index < -0.39 is 114 Å². The third-order valence-corrected chi connectivity index (χ3v) is 11.4. The lowest BCUT2D eigenvalue weighted by atomic mass is 10.1. The quantitative estimate of drug-likeness (QED) is 0.00990. The van der Waals surface area contributed by atoms with Gasteiger partial charge in [-0.1, -0.05) is 18.6 Å². The highest BCUT2D eigenvalue weighted by molar-refractivity contribution is 6.40. The fourth-order valence-corrected chi connectivity index (χ4v) is 7.40. The summed E-state index contributed by atoms with van der Waals surface area (Å²) in [5.74, 6) is -8.62. The van der Waals surface area contributed by atoms with Gasteiger partial charge in [-0.3, -0.25) is 43.8 Å². The normalized spacial score (nSPS) is 16.0. The average molecular weight is 1050 g/mol. The molecule has 412 valence electrons. The predicted octanol–water partition coefficient (Wildman–Crippen LogP) is -5.86. The largest absolute Gasteiger partial charge is 0.477 e. The number of imidazole rings is 1. The van der Waals surface area contributed by atoms with E-state index in [1.54, 1.807) is 0 Å². The van der Waals surface area contributed by atoms with Crippen molar-refractivity contribution in [2.75, 3.05) is 45.8 Å². The molecule has 2 rings (SSSR count). The number of aliphatic hydroxyl groups excluding tert-OH is 1. The number of carbonyl (C=O) groups is 9. The molecule has 0 unspecified atom stereocenters. The Bertz CT molecular complexity index is 2120. The van der Waals surface area contributed by atoms with Crippen molar-refractivity contribution in [3.63, 3.8) is 0 Å². The van der Waals surface area contributed by atoms with Gasteiger partial charge in [0.2, 0.25) is 35.4 Å².